The van der Waals surface area contributed by atoms with Crippen molar-refractivity contribution in [3.05, 3.63) is 47.8 Å². The van der Waals surface area contributed by atoms with Crippen molar-refractivity contribution in [1.82, 2.24) is 0 Å². The van der Waals surface area contributed by atoms with Crippen LogP contribution in [0.3, 0.4) is 0 Å². The average Bonchev–Trinajstić information content (AvgIpc) is 2.25. The molecule has 0 heterocycles. The Bertz CT molecular complexity index is 404. The van der Waals surface area contributed by atoms with E-state index in [0.29, 0.717) is 12.8 Å². The summed E-state index contributed by atoms with van der Waals surface area (Å²) in [6, 6.07) is 2.29. The van der Waals surface area contributed by atoms with E-state index in [1.54, 1.807) is 6.08 Å². The van der Waals surface area contributed by atoms with Gasteiger partial charge in [0.15, 0.2) is 0 Å². The van der Waals surface area contributed by atoms with Crippen LogP contribution in [0.25, 0.3) is 0 Å². The number of rotatable bonds is 4. The molecule has 0 saturated heterocycles. The van der Waals surface area contributed by atoms with Crippen LogP contribution in [0.1, 0.15) is 30.0 Å². The molecule has 1 rings (SSSR count). The lowest BCUT2D eigenvalue weighted by molar-refractivity contribution is -0.140. The first-order valence-electron chi connectivity index (χ1n) is 5.09. The van der Waals surface area contributed by atoms with Crippen molar-refractivity contribution in [2.75, 3.05) is 0 Å². The summed E-state index contributed by atoms with van der Waals surface area (Å²) < 4.78 is 50.3. The maximum atomic E-state index is 13.0. The van der Waals surface area contributed by atoms with Gasteiger partial charge in [-0.25, -0.2) is 4.39 Å². The van der Waals surface area contributed by atoms with Crippen molar-refractivity contribution in [2.45, 2.75) is 25.1 Å². The molecular weight excluding hydrogens is 270 g/mol. The molecule has 2 N–H and O–H groups in total. The van der Waals surface area contributed by atoms with Crippen molar-refractivity contribution in [1.29, 1.82) is 0 Å². The smallest absolute Gasteiger partial charge is 0.324 e. The fraction of sp³-hybridized carbons (Fsp3) is 0.333. The fourth-order valence-electron chi connectivity index (χ4n) is 1.45. The van der Waals surface area contributed by atoms with E-state index in [1.807, 2.05) is 0 Å². The third-order valence-corrected chi connectivity index (χ3v) is 2.41. The molecule has 0 bridgehead atoms. The van der Waals surface area contributed by atoms with Gasteiger partial charge in [-0.2, -0.15) is 13.2 Å². The van der Waals surface area contributed by atoms with Crippen molar-refractivity contribution in [3.8, 4) is 0 Å². The Balaban J connectivity index is 0.00000289. The minimum Gasteiger partial charge on any atom is -0.324 e. The SMILES string of the molecule is C=CCC[C@@H](N)c1ccc(F)c(C(F)(F)F)c1.Cl. The molecule has 102 valence electrons. The zero-order valence-corrected chi connectivity index (χ0v) is 10.3. The molecule has 0 fully saturated rings. The van der Waals surface area contributed by atoms with E-state index in [9.17, 15) is 17.6 Å². The number of hydrogen-bond acceptors (Lipinski definition) is 1. The molecular formula is C12H14ClF4N. The predicted octanol–water partition coefficient (Wildman–Crippen LogP) is 4.23. The topological polar surface area (TPSA) is 26.0 Å². The van der Waals surface area contributed by atoms with Crippen LogP contribution in [0.2, 0.25) is 0 Å². The van der Waals surface area contributed by atoms with Crippen molar-refractivity contribution >= 4 is 12.4 Å². The van der Waals surface area contributed by atoms with E-state index in [2.05, 4.69) is 6.58 Å². The van der Waals surface area contributed by atoms with Gasteiger partial charge < -0.3 is 5.73 Å². The molecule has 1 aromatic carbocycles. The van der Waals surface area contributed by atoms with E-state index in [1.165, 1.54) is 6.07 Å². The molecule has 0 aliphatic rings. The third-order valence-electron chi connectivity index (χ3n) is 2.41. The Hall–Kier alpha value is -1.07. The first-order valence-corrected chi connectivity index (χ1v) is 5.09. The van der Waals surface area contributed by atoms with Gasteiger partial charge in [0.05, 0.1) is 5.56 Å². The van der Waals surface area contributed by atoms with Gasteiger partial charge in [0.2, 0.25) is 0 Å². The standard InChI is InChI=1S/C12H13F4N.ClH/c1-2-3-4-11(17)8-5-6-10(13)9(7-8)12(14,15)16;/h2,5-7,11H,1,3-4,17H2;1H/t11-;/m1./s1. The summed E-state index contributed by atoms with van der Waals surface area (Å²) >= 11 is 0. The lowest BCUT2D eigenvalue weighted by atomic mass is 10.00. The van der Waals surface area contributed by atoms with Crippen LogP contribution >= 0.6 is 12.4 Å². The second-order valence-corrected chi connectivity index (χ2v) is 3.71. The van der Waals surface area contributed by atoms with Crippen LogP contribution < -0.4 is 5.73 Å². The lowest BCUT2D eigenvalue weighted by Crippen LogP contribution is -2.14. The number of alkyl halides is 3. The fourth-order valence-corrected chi connectivity index (χ4v) is 1.45. The van der Waals surface area contributed by atoms with Gasteiger partial charge in [-0.05, 0) is 30.5 Å². The Morgan fingerprint density at radius 1 is 1.33 bits per heavy atom. The molecule has 0 aliphatic heterocycles. The van der Waals surface area contributed by atoms with Gasteiger partial charge in [0, 0.05) is 6.04 Å². The molecule has 0 unspecified atom stereocenters. The quantitative estimate of drug-likeness (QED) is 0.649. The lowest BCUT2D eigenvalue weighted by Gasteiger charge is -2.14. The number of nitrogens with two attached hydrogens (primary N) is 1. The van der Waals surface area contributed by atoms with Crippen molar-refractivity contribution in [2.24, 2.45) is 5.73 Å². The van der Waals surface area contributed by atoms with E-state index in [-0.39, 0.29) is 18.0 Å². The second-order valence-electron chi connectivity index (χ2n) is 3.71. The maximum Gasteiger partial charge on any atom is 0.419 e. The summed E-state index contributed by atoms with van der Waals surface area (Å²) in [5.41, 5.74) is 4.71. The summed E-state index contributed by atoms with van der Waals surface area (Å²) in [4.78, 5) is 0. The third kappa shape index (κ3) is 4.31. The molecule has 1 atom stereocenters. The Morgan fingerprint density at radius 3 is 2.44 bits per heavy atom. The molecule has 0 spiro atoms. The van der Waals surface area contributed by atoms with Gasteiger partial charge in [-0.3, -0.25) is 0 Å². The van der Waals surface area contributed by atoms with Gasteiger partial charge >= 0.3 is 6.18 Å². The summed E-state index contributed by atoms with van der Waals surface area (Å²) in [6.45, 7) is 3.50. The molecule has 0 aromatic heterocycles. The van der Waals surface area contributed by atoms with Gasteiger partial charge in [0.1, 0.15) is 5.82 Å². The number of halogens is 5. The number of benzene rings is 1. The Kier molecular flexibility index (Phi) is 6.35. The van der Waals surface area contributed by atoms with Crippen molar-refractivity contribution < 1.29 is 17.6 Å². The summed E-state index contributed by atoms with van der Waals surface area (Å²) in [5.74, 6) is -1.28. The van der Waals surface area contributed by atoms with Crippen LogP contribution in [-0.2, 0) is 6.18 Å². The van der Waals surface area contributed by atoms with E-state index < -0.39 is 23.6 Å². The maximum absolute atomic E-state index is 13.0. The van der Waals surface area contributed by atoms with Crippen LogP contribution in [0.5, 0.6) is 0 Å². The zero-order valence-electron chi connectivity index (χ0n) is 9.51. The highest BCUT2D eigenvalue weighted by Gasteiger charge is 2.34. The number of hydrogen-bond donors (Lipinski definition) is 1. The average molecular weight is 284 g/mol. The molecule has 6 heteroatoms. The van der Waals surface area contributed by atoms with Crippen molar-refractivity contribution in [3.63, 3.8) is 0 Å². The largest absolute Gasteiger partial charge is 0.419 e. The molecule has 1 aromatic rings. The highest BCUT2D eigenvalue weighted by molar-refractivity contribution is 5.85. The minimum absolute atomic E-state index is 0. The second kappa shape index (κ2) is 6.75. The molecule has 1 nitrogen and oxygen atoms in total. The molecule has 18 heavy (non-hydrogen) atoms. The number of allylic oxidation sites excluding steroid dienone is 1. The monoisotopic (exact) mass is 283 g/mol. The van der Waals surface area contributed by atoms with Crippen LogP contribution in [0, 0.1) is 5.82 Å². The molecule has 0 saturated carbocycles. The Morgan fingerprint density at radius 2 is 1.94 bits per heavy atom. The van der Waals surface area contributed by atoms with Gasteiger partial charge in [0.25, 0.3) is 0 Å². The van der Waals surface area contributed by atoms with Gasteiger partial charge in [-0.1, -0.05) is 12.1 Å². The van der Waals surface area contributed by atoms with Gasteiger partial charge in [-0.15, -0.1) is 19.0 Å². The highest BCUT2D eigenvalue weighted by Crippen LogP contribution is 2.33. The normalized spacial score (nSPS) is 12.7. The summed E-state index contributed by atoms with van der Waals surface area (Å²) in [6.07, 6.45) is -1.99. The summed E-state index contributed by atoms with van der Waals surface area (Å²) in [7, 11) is 0. The molecule has 0 aliphatic carbocycles. The Labute approximate surface area is 109 Å². The first kappa shape index (κ1) is 16.9. The first-order chi connectivity index (χ1) is 7.86. The van der Waals surface area contributed by atoms with E-state index in [0.717, 1.165) is 12.1 Å². The predicted molar refractivity (Wildman–Crippen MR) is 65.0 cm³/mol. The minimum atomic E-state index is -4.70. The van der Waals surface area contributed by atoms with E-state index >= 15 is 0 Å². The zero-order chi connectivity index (χ0) is 13.1. The van der Waals surface area contributed by atoms with Crippen LogP contribution in [0.15, 0.2) is 30.9 Å². The molecule has 0 amide bonds. The van der Waals surface area contributed by atoms with Crippen LogP contribution in [-0.4, -0.2) is 0 Å². The summed E-state index contributed by atoms with van der Waals surface area (Å²) in [5, 5.41) is 0. The van der Waals surface area contributed by atoms with Crippen LogP contribution in [0.4, 0.5) is 17.6 Å². The highest BCUT2D eigenvalue weighted by atomic mass is 35.5. The van der Waals surface area contributed by atoms with E-state index in [4.69, 9.17) is 5.73 Å². The molecule has 0 radical (unpaired) electrons.